The van der Waals surface area contributed by atoms with Crippen LogP contribution in [-0.4, -0.2) is 41.2 Å². The summed E-state index contributed by atoms with van der Waals surface area (Å²) in [7, 11) is 3.41. The summed E-state index contributed by atoms with van der Waals surface area (Å²) in [5, 5.41) is 18.3. The molecule has 3 aromatic heterocycles. The van der Waals surface area contributed by atoms with Crippen LogP contribution in [-0.2, 0) is 18.9 Å². The zero-order valence-corrected chi connectivity index (χ0v) is 16.9. The topological polar surface area (TPSA) is 112 Å². The fraction of sp³-hybridized carbons (Fsp3) is 0.353. The number of aryl methyl sites for hydroxylation is 2. The zero-order valence-electron chi connectivity index (χ0n) is 16.2. The molecule has 3 heterocycles. The number of rotatable bonds is 5. The van der Waals surface area contributed by atoms with Crippen LogP contribution in [0.25, 0.3) is 0 Å². The molecule has 11 heteroatoms. The summed E-state index contributed by atoms with van der Waals surface area (Å²) in [6, 6.07) is -0.621. The lowest BCUT2D eigenvalue weighted by Gasteiger charge is -2.15. The molecule has 0 aliphatic carbocycles. The summed E-state index contributed by atoms with van der Waals surface area (Å²) in [4.78, 5) is 25.4. The van der Waals surface area contributed by atoms with Gasteiger partial charge in [-0.15, -0.1) is 0 Å². The summed E-state index contributed by atoms with van der Waals surface area (Å²) in [6.07, 6.45) is 4.48. The molecule has 3 rings (SSSR count). The predicted molar refractivity (Wildman–Crippen MR) is 104 cm³/mol. The summed E-state index contributed by atoms with van der Waals surface area (Å²) >= 11 is 6.01. The van der Waals surface area contributed by atoms with Crippen molar-refractivity contribution in [1.29, 1.82) is 0 Å². The van der Waals surface area contributed by atoms with Gasteiger partial charge >= 0.3 is 0 Å². The number of anilines is 2. The van der Waals surface area contributed by atoms with Crippen molar-refractivity contribution in [2.45, 2.75) is 26.8 Å². The molecular weight excluding hydrogens is 384 g/mol. The monoisotopic (exact) mass is 404 g/mol. The second-order valence-electron chi connectivity index (χ2n) is 6.44. The molecule has 0 aliphatic heterocycles. The highest BCUT2D eigenvalue weighted by molar-refractivity contribution is 6.31. The maximum atomic E-state index is 12.8. The average Bonchev–Trinajstić information content (AvgIpc) is 3.28. The third kappa shape index (κ3) is 3.50. The molecule has 0 aliphatic rings. The van der Waals surface area contributed by atoms with E-state index in [0.29, 0.717) is 22.1 Å². The predicted octanol–water partition coefficient (Wildman–Crippen LogP) is 2.07. The highest BCUT2D eigenvalue weighted by atomic mass is 35.5. The number of hydrogen-bond donors (Lipinski definition) is 2. The molecule has 3 aromatic rings. The molecule has 28 heavy (non-hydrogen) atoms. The van der Waals surface area contributed by atoms with Crippen molar-refractivity contribution >= 4 is 34.8 Å². The fourth-order valence-electron chi connectivity index (χ4n) is 2.74. The average molecular weight is 405 g/mol. The SMILES string of the molecule is Cc1c(NC(=O)c2c(NC(=O)[C@@H](C)n3ncc(Cl)c3C)cnn2C)cnn1C. The number of nitrogens with one attached hydrogen (secondary N) is 2. The Morgan fingerprint density at radius 1 is 0.964 bits per heavy atom. The Morgan fingerprint density at radius 3 is 2.18 bits per heavy atom. The van der Waals surface area contributed by atoms with Crippen LogP contribution in [0, 0.1) is 13.8 Å². The van der Waals surface area contributed by atoms with E-state index < -0.39 is 11.9 Å². The van der Waals surface area contributed by atoms with Crippen LogP contribution in [0.4, 0.5) is 11.4 Å². The zero-order chi connectivity index (χ0) is 20.6. The molecule has 10 nitrogen and oxygen atoms in total. The standard InChI is InChI=1S/C17H21ClN8O2/c1-9-12(18)6-21-26(9)11(3)16(27)23-14-8-20-25(5)15(14)17(28)22-13-7-19-24(4)10(13)2/h6-8,11H,1-5H3,(H,22,28)(H,23,27)/t11-/m1/s1. The summed E-state index contributed by atoms with van der Waals surface area (Å²) in [6.45, 7) is 5.31. The normalized spacial score (nSPS) is 12.1. The maximum absolute atomic E-state index is 12.8. The Morgan fingerprint density at radius 2 is 1.61 bits per heavy atom. The van der Waals surface area contributed by atoms with Gasteiger partial charge in [-0.1, -0.05) is 11.6 Å². The first-order valence-corrected chi connectivity index (χ1v) is 8.91. The van der Waals surface area contributed by atoms with Crippen LogP contribution in [0.1, 0.15) is 34.8 Å². The van der Waals surface area contributed by atoms with Crippen molar-refractivity contribution in [2.24, 2.45) is 14.1 Å². The van der Waals surface area contributed by atoms with Gasteiger partial charge < -0.3 is 10.6 Å². The van der Waals surface area contributed by atoms with Gasteiger partial charge in [0.05, 0.1) is 46.4 Å². The van der Waals surface area contributed by atoms with E-state index in [1.807, 2.05) is 6.92 Å². The minimum atomic E-state index is -0.621. The third-order valence-corrected chi connectivity index (χ3v) is 5.00. The van der Waals surface area contributed by atoms with E-state index in [4.69, 9.17) is 11.6 Å². The lowest BCUT2D eigenvalue weighted by molar-refractivity contribution is -0.119. The summed E-state index contributed by atoms with van der Waals surface area (Å²) in [5.41, 5.74) is 2.59. The van der Waals surface area contributed by atoms with Crippen molar-refractivity contribution in [3.8, 4) is 0 Å². The van der Waals surface area contributed by atoms with E-state index in [0.717, 1.165) is 5.69 Å². The third-order valence-electron chi connectivity index (χ3n) is 4.63. The molecule has 0 radical (unpaired) electrons. The first-order valence-electron chi connectivity index (χ1n) is 8.53. The van der Waals surface area contributed by atoms with Gasteiger partial charge in [0.2, 0.25) is 5.91 Å². The lowest BCUT2D eigenvalue weighted by atomic mass is 10.2. The molecule has 1 atom stereocenters. The van der Waals surface area contributed by atoms with E-state index in [2.05, 4.69) is 25.9 Å². The number of hydrogen-bond acceptors (Lipinski definition) is 5. The minimum absolute atomic E-state index is 0.221. The molecule has 2 N–H and O–H groups in total. The molecule has 0 spiro atoms. The molecule has 148 valence electrons. The summed E-state index contributed by atoms with van der Waals surface area (Å²) < 4.78 is 4.57. The van der Waals surface area contributed by atoms with E-state index in [1.165, 1.54) is 21.8 Å². The van der Waals surface area contributed by atoms with Gasteiger partial charge in [0, 0.05) is 14.1 Å². The van der Waals surface area contributed by atoms with Gasteiger partial charge in [-0.2, -0.15) is 15.3 Å². The smallest absolute Gasteiger partial charge is 0.276 e. The molecule has 0 unspecified atom stereocenters. The Kier molecular flexibility index (Phi) is 5.23. The Labute approximate surface area is 166 Å². The summed E-state index contributed by atoms with van der Waals surface area (Å²) in [5.74, 6) is -0.750. The highest BCUT2D eigenvalue weighted by Crippen LogP contribution is 2.22. The van der Waals surface area contributed by atoms with Crippen LogP contribution >= 0.6 is 11.6 Å². The molecule has 0 aromatic carbocycles. The van der Waals surface area contributed by atoms with Crippen LogP contribution in [0.5, 0.6) is 0 Å². The molecule has 0 fully saturated rings. The molecule has 0 saturated carbocycles. The fourth-order valence-corrected chi connectivity index (χ4v) is 2.87. The van der Waals surface area contributed by atoms with Crippen molar-refractivity contribution < 1.29 is 9.59 Å². The number of carbonyl (C=O) groups excluding carboxylic acids is 2. The van der Waals surface area contributed by atoms with Crippen molar-refractivity contribution in [1.82, 2.24) is 29.3 Å². The van der Waals surface area contributed by atoms with Crippen LogP contribution in [0.15, 0.2) is 18.6 Å². The largest absolute Gasteiger partial charge is 0.321 e. The van der Waals surface area contributed by atoms with E-state index in [1.54, 1.807) is 38.8 Å². The van der Waals surface area contributed by atoms with Crippen molar-refractivity contribution in [3.05, 3.63) is 40.7 Å². The van der Waals surface area contributed by atoms with E-state index >= 15 is 0 Å². The van der Waals surface area contributed by atoms with Crippen LogP contribution < -0.4 is 10.6 Å². The van der Waals surface area contributed by atoms with Crippen molar-refractivity contribution in [3.63, 3.8) is 0 Å². The number of amides is 2. The van der Waals surface area contributed by atoms with Gasteiger partial charge in [0.15, 0.2) is 0 Å². The van der Waals surface area contributed by atoms with Gasteiger partial charge in [-0.05, 0) is 20.8 Å². The van der Waals surface area contributed by atoms with E-state index in [9.17, 15) is 9.59 Å². The second-order valence-corrected chi connectivity index (χ2v) is 6.85. The quantitative estimate of drug-likeness (QED) is 0.676. The van der Waals surface area contributed by atoms with Gasteiger partial charge in [0.25, 0.3) is 5.91 Å². The number of nitrogens with zero attached hydrogens (tertiary/aromatic N) is 6. The number of halogens is 1. The minimum Gasteiger partial charge on any atom is -0.321 e. The molecule has 0 bridgehead atoms. The Hall–Kier alpha value is -3.14. The first-order chi connectivity index (χ1) is 13.2. The number of carbonyl (C=O) groups is 2. The van der Waals surface area contributed by atoms with Crippen LogP contribution in [0.3, 0.4) is 0 Å². The molecule has 0 saturated heterocycles. The van der Waals surface area contributed by atoms with Crippen molar-refractivity contribution in [2.75, 3.05) is 10.6 Å². The highest BCUT2D eigenvalue weighted by Gasteiger charge is 2.24. The first kappa shape index (κ1) is 19.6. The Balaban J connectivity index is 1.80. The Bertz CT molecular complexity index is 1050. The second kappa shape index (κ2) is 7.47. The molecule has 2 amide bonds. The van der Waals surface area contributed by atoms with Gasteiger partial charge in [0.1, 0.15) is 11.7 Å². The van der Waals surface area contributed by atoms with E-state index in [-0.39, 0.29) is 11.6 Å². The number of aromatic nitrogens is 6. The lowest BCUT2D eigenvalue weighted by Crippen LogP contribution is -2.26. The van der Waals surface area contributed by atoms with Gasteiger partial charge in [-0.25, -0.2) is 0 Å². The molecular formula is C17H21ClN8O2. The van der Waals surface area contributed by atoms with Crippen LogP contribution in [0.2, 0.25) is 5.02 Å². The maximum Gasteiger partial charge on any atom is 0.276 e. The van der Waals surface area contributed by atoms with Gasteiger partial charge in [-0.3, -0.25) is 23.6 Å².